The lowest BCUT2D eigenvalue weighted by Crippen LogP contribution is -2.43. The normalized spacial score (nSPS) is 29.3. The topological polar surface area (TPSA) is 35.5 Å². The minimum absolute atomic E-state index is 0.226. The summed E-state index contributed by atoms with van der Waals surface area (Å²) in [6.45, 7) is 8.09. The smallest absolute Gasteiger partial charge is 0.338 e. The van der Waals surface area contributed by atoms with Crippen molar-refractivity contribution in [2.75, 3.05) is 13.2 Å². The second-order valence-electron chi connectivity index (χ2n) is 9.86. The molecular formula is C27H36O3. The van der Waals surface area contributed by atoms with Gasteiger partial charge in [-0.2, -0.15) is 0 Å². The number of esters is 1. The van der Waals surface area contributed by atoms with E-state index >= 15 is 0 Å². The fourth-order valence-corrected chi connectivity index (χ4v) is 5.59. The highest BCUT2D eigenvalue weighted by atomic mass is 16.5. The van der Waals surface area contributed by atoms with Gasteiger partial charge in [-0.25, -0.2) is 4.79 Å². The summed E-state index contributed by atoms with van der Waals surface area (Å²) in [7, 11) is 0. The predicted octanol–water partition coefficient (Wildman–Crippen LogP) is 6.21. The van der Waals surface area contributed by atoms with Crippen LogP contribution in [0.15, 0.2) is 53.6 Å². The van der Waals surface area contributed by atoms with E-state index in [-0.39, 0.29) is 5.97 Å². The highest BCUT2D eigenvalue weighted by Gasteiger charge is 2.42. The number of hydrogen-bond donors (Lipinski definition) is 0. The summed E-state index contributed by atoms with van der Waals surface area (Å²) in [5.41, 5.74) is 3.80. The molecule has 5 unspecified atom stereocenters. The van der Waals surface area contributed by atoms with Crippen LogP contribution in [0, 0.1) is 29.6 Å². The van der Waals surface area contributed by atoms with Gasteiger partial charge in [-0.05, 0) is 62.0 Å². The molecule has 0 spiro atoms. The maximum atomic E-state index is 12.2. The SMILES string of the molecule is CC(COC(=O)c1ccccc1)CC1=CCOC2C1CCC1=CCC(C(C)C)CC12. The molecule has 1 aromatic rings. The van der Waals surface area contributed by atoms with E-state index in [0.717, 1.165) is 24.9 Å². The highest BCUT2D eigenvalue weighted by molar-refractivity contribution is 5.89. The molecule has 4 rings (SSSR count). The van der Waals surface area contributed by atoms with Crippen LogP contribution in [0.3, 0.4) is 0 Å². The van der Waals surface area contributed by atoms with Crippen molar-refractivity contribution in [1.82, 2.24) is 0 Å². The maximum Gasteiger partial charge on any atom is 0.338 e. The first-order valence-corrected chi connectivity index (χ1v) is 11.7. The van der Waals surface area contributed by atoms with E-state index in [4.69, 9.17) is 9.47 Å². The van der Waals surface area contributed by atoms with Gasteiger partial charge in [0.2, 0.25) is 0 Å². The van der Waals surface area contributed by atoms with Gasteiger partial charge < -0.3 is 9.47 Å². The van der Waals surface area contributed by atoms with Crippen LogP contribution in [0.1, 0.15) is 63.2 Å². The average Bonchev–Trinajstić information content (AvgIpc) is 2.77. The molecule has 3 aliphatic rings. The third-order valence-electron chi connectivity index (χ3n) is 7.40. The fraction of sp³-hybridized carbons (Fsp3) is 0.593. The summed E-state index contributed by atoms with van der Waals surface area (Å²) in [5.74, 6) is 2.73. The van der Waals surface area contributed by atoms with Crippen molar-refractivity contribution in [2.45, 2.75) is 59.0 Å². The molecule has 1 saturated carbocycles. The van der Waals surface area contributed by atoms with E-state index in [1.54, 1.807) is 17.7 Å². The molecule has 1 heterocycles. The minimum Gasteiger partial charge on any atom is -0.462 e. The molecule has 2 aliphatic carbocycles. The lowest BCUT2D eigenvalue weighted by molar-refractivity contribution is -0.0303. The van der Waals surface area contributed by atoms with Crippen LogP contribution in [0.4, 0.5) is 0 Å². The Kier molecular flexibility index (Phi) is 6.77. The zero-order valence-electron chi connectivity index (χ0n) is 18.7. The number of fused-ring (bicyclic) bond motifs is 3. The third-order valence-corrected chi connectivity index (χ3v) is 7.40. The molecule has 1 aromatic carbocycles. The molecule has 0 aromatic heterocycles. The van der Waals surface area contributed by atoms with E-state index in [1.165, 1.54) is 31.3 Å². The zero-order valence-corrected chi connectivity index (χ0v) is 18.7. The molecule has 0 amide bonds. The van der Waals surface area contributed by atoms with E-state index in [9.17, 15) is 4.79 Å². The Morgan fingerprint density at radius 1 is 1.13 bits per heavy atom. The van der Waals surface area contributed by atoms with Crippen LogP contribution in [0.5, 0.6) is 0 Å². The van der Waals surface area contributed by atoms with Gasteiger partial charge in [-0.15, -0.1) is 0 Å². The van der Waals surface area contributed by atoms with Crippen LogP contribution in [-0.2, 0) is 9.47 Å². The monoisotopic (exact) mass is 408 g/mol. The molecule has 3 nitrogen and oxygen atoms in total. The van der Waals surface area contributed by atoms with Crippen LogP contribution in [0.2, 0.25) is 0 Å². The quantitative estimate of drug-likeness (QED) is 0.414. The van der Waals surface area contributed by atoms with Crippen molar-refractivity contribution >= 4 is 5.97 Å². The lowest BCUT2D eigenvalue weighted by Gasteiger charge is -2.46. The predicted molar refractivity (Wildman–Crippen MR) is 120 cm³/mol. The standard InChI is InChI=1S/C27H36O3/c1-18(2)22-10-9-20-11-12-24-23(13-14-29-26(24)25(20)16-22)15-19(3)17-30-27(28)21-7-5-4-6-8-21/h4-9,13,18-19,22,24-26H,10-12,14-17H2,1-3H3. The van der Waals surface area contributed by atoms with Crippen molar-refractivity contribution in [3.63, 3.8) is 0 Å². The molecule has 5 atom stereocenters. The van der Waals surface area contributed by atoms with E-state index < -0.39 is 0 Å². The fourth-order valence-electron chi connectivity index (χ4n) is 5.59. The van der Waals surface area contributed by atoms with Gasteiger partial charge in [0, 0.05) is 11.8 Å². The number of benzene rings is 1. The lowest BCUT2D eigenvalue weighted by atomic mass is 9.64. The number of ether oxygens (including phenoxy) is 2. The summed E-state index contributed by atoms with van der Waals surface area (Å²) < 4.78 is 11.9. The second kappa shape index (κ2) is 9.51. The third kappa shape index (κ3) is 4.72. The molecule has 0 radical (unpaired) electrons. The number of carbonyl (C=O) groups excluding carboxylic acids is 1. The number of hydrogen-bond acceptors (Lipinski definition) is 3. The van der Waals surface area contributed by atoms with Gasteiger partial charge in [-0.1, -0.05) is 62.3 Å². The molecule has 1 fully saturated rings. The van der Waals surface area contributed by atoms with Crippen molar-refractivity contribution in [2.24, 2.45) is 29.6 Å². The Bertz CT molecular complexity index is 792. The first-order chi connectivity index (χ1) is 14.5. The Labute approximate surface area is 181 Å². The van der Waals surface area contributed by atoms with Gasteiger partial charge in [0.15, 0.2) is 0 Å². The first kappa shape index (κ1) is 21.4. The van der Waals surface area contributed by atoms with Gasteiger partial charge in [0.1, 0.15) is 0 Å². The Morgan fingerprint density at radius 3 is 2.70 bits per heavy atom. The zero-order chi connectivity index (χ0) is 21.1. The summed E-state index contributed by atoms with van der Waals surface area (Å²) in [5, 5.41) is 0. The minimum atomic E-state index is -0.226. The average molecular weight is 409 g/mol. The van der Waals surface area contributed by atoms with Crippen molar-refractivity contribution in [3.8, 4) is 0 Å². The highest BCUT2D eigenvalue weighted by Crippen LogP contribution is 2.48. The Morgan fingerprint density at radius 2 is 1.93 bits per heavy atom. The molecular weight excluding hydrogens is 372 g/mol. The van der Waals surface area contributed by atoms with Crippen molar-refractivity contribution in [1.29, 1.82) is 0 Å². The van der Waals surface area contributed by atoms with Gasteiger partial charge in [-0.3, -0.25) is 0 Å². The van der Waals surface area contributed by atoms with Gasteiger partial charge in [0.05, 0.1) is 24.9 Å². The molecule has 0 bridgehead atoms. The summed E-state index contributed by atoms with van der Waals surface area (Å²) in [6.07, 6.45) is 11.1. The molecule has 162 valence electrons. The number of allylic oxidation sites excluding steroid dienone is 1. The second-order valence-corrected chi connectivity index (χ2v) is 9.86. The first-order valence-electron chi connectivity index (χ1n) is 11.7. The van der Waals surface area contributed by atoms with Crippen LogP contribution >= 0.6 is 0 Å². The molecule has 30 heavy (non-hydrogen) atoms. The van der Waals surface area contributed by atoms with Crippen LogP contribution < -0.4 is 0 Å². The molecule has 0 N–H and O–H groups in total. The number of carbonyl (C=O) groups is 1. The van der Waals surface area contributed by atoms with Crippen molar-refractivity contribution < 1.29 is 14.3 Å². The van der Waals surface area contributed by atoms with Gasteiger partial charge >= 0.3 is 5.97 Å². The van der Waals surface area contributed by atoms with Crippen LogP contribution in [0.25, 0.3) is 0 Å². The van der Waals surface area contributed by atoms with E-state index in [2.05, 4.69) is 32.9 Å². The Balaban J connectivity index is 1.35. The van der Waals surface area contributed by atoms with E-state index in [1.807, 2.05) is 18.2 Å². The summed E-state index contributed by atoms with van der Waals surface area (Å²) in [6, 6.07) is 9.26. The van der Waals surface area contributed by atoms with E-state index in [0.29, 0.717) is 36.0 Å². The molecule has 3 heteroatoms. The van der Waals surface area contributed by atoms with Crippen molar-refractivity contribution in [3.05, 3.63) is 59.2 Å². The largest absolute Gasteiger partial charge is 0.462 e. The molecule has 1 aliphatic heterocycles. The van der Waals surface area contributed by atoms with Crippen LogP contribution in [-0.4, -0.2) is 25.3 Å². The molecule has 0 saturated heterocycles. The van der Waals surface area contributed by atoms with Gasteiger partial charge in [0.25, 0.3) is 0 Å². The Hall–Kier alpha value is -1.87. The number of rotatable bonds is 6. The summed E-state index contributed by atoms with van der Waals surface area (Å²) in [4.78, 5) is 12.2. The summed E-state index contributed by atoms with van der Waals surface area (Å²) >= 11 is 0. The maximum absolute atomic E-state index is 12.2.